The van der Waals surface area contributed by atoms with Gasteiger partial charge in [0.2, 0.25) is 5.91 Å². The highest BCUT2D eigenvalue weighted by Crippen LogP contribution is 2.12. The fourth-order valence-corrected chi connectivity index (χ4v) is 2.50. The third kappa shape index (κ3) is 17.1. The van der Waals surface area contributed by atoms with E-state index < -0.39 is 0 Å². The smallest absolute Gasteiger partial charge is 0.220 e. The Morgan fingerprint density at radius 1 is 0.762 bits per heavy atom. The lowest BCUT2D eigenvalue weighted by Crippen LogP contribution is -2.20. The van der Waals surface area contributed by atoms with Gasteiger partial charge in [-0.05, 0) is 6.42 Å². The second kappa shape index (κ2) is 17.2. The molecule has 21 heavy (non-hydrogen) atoms. The van der Waals surface area contributed by atoms with Crippen molar-refractivity contribution in [3.63, 3.8) is 0 Å². The Hall–Kier alpha value is -0.860. The maximum Gasteiger partial charge on any atom is 0.220 e. The van der Waals surface area contributed by atoms with E-state index in [2.05, 4.69) is 12.2 Å². The molecule has 0 unspecified atom stereocenters. The molecule has 0 saturated heterocycles. The fraction of sp³-hybridized carbons (Fsp3) is 0.833. The largest absolute Gasteiger partial charge is 0.344 e. The summed E-state index contributed by atoms with van der Waals surface area (Å²) in [5.41, 5.74) is 0. The van der Waals surface area contributed by atoms with E-state index in [1.807, 2.05) is 0 Å². The van der Waals surface area contributed by atoms with E-state index in [4.69, 9.17) is 0 Å². The van der Waals surface area contributed by atoms with E-state index in [0.717, 1.165) is 19.4 Å². The van der Waals surface area contributed by atoms with Crippen LogP contribution in [0.2, 0.25) is 0 Å². The molecule has 0 heterocycles. The maximum absolute atomic E-state index is 11.2. The van der Waals surface area contributed by atoms with Crippen molar-refractivity contribution in [1.82, 2.24) is 5.32 Å². The summed E-state index contributed by atoms with van der Waals surface area (Å²) in [6.45, 7) is 3.42. The SMILES string of the molecule is CCCCCCCCCCCCCCCC(=O)N[CH]C=O. The molecule has 0 atom stereocenters. The van der Waals surface area contributed by atoms with Gasteiger partial charge >= 0.3 is 0 Å². The van der Waals surface area contributed by atoms with Crippen molar-refractivity contribution in [3.8, 4) is 0 Å². The van der Waals surface area contributed by atoms with Gasteiger partial charge in [0.15, 0.2) is 0 Å². The van der Waals surface area contributed by atoms with Crippen LogP contribution in [0.15, 0.2) is 0 Å². The molecule has 0 rings (SSSR count). The van der Waals surface area contributed by atoms with E-state index >= 15 is 0 Å². The molecule has 0 spiro atoms. The predicted octanol–water partition coefficient (Wildman–Crippen LogP) is 4.94. The lowest BCUT2D eigenvalue weighted by atomic mass is 10.0. The predicted molar refractivity (Wildman–Crippen MR) is 88.8 cm³/mol. The molecule has 0 aromatic heterocycles. The number of aldehydes is 1. The summed E-state index contributed by atoms with van der Waals surface area (Å²) in [4.78, 5) is 21.2. The van der Waals surface area contributed by atoms with E-state index in [1.54, 1.807) is 0 Å². The van der Waals surface area contributed by atoms with Gasteiger partial charge < -0.3 is 10.1 Å². The molecule has 3 nitrogen and oxygen atoms in total. The molecular weight excluding hydrogens is 262 g/mol. The topological polar surface area (TPSA) is 46.2 Å². The minimum absolute atomic E-state index is 0.0508. The second-order valence-electron chi connectivity index (χ2n) is 5.86. The van der Waals surface area contributed by atoms with Crippen LogP contribution in [0.5, 0.6) is 0 Å². The number of hydrogen-bond donors (Lipinski definition) is 1. The Bertz CT molecular complexity index is 241. The molecule has 123 valence electrons. The molecule has 0 aliphatic rings. The zero-order valence-electron chi connectivity index (χ0n) is 13.9. The molecule has 0 fully saturated rings. The molecule has 0 aliphatic heterocycles. The quantitative estimate of drug-likeness (QED) is 0.324. The Labute approximate surface area is 131 Å². The van der Waals surface area contributed by atoms with Gasteiger partial charge in [0.05, 0.1) is 0 Å². The first kappa shape index (κ1) is 20.1. The zero-order valence-corrected chi connectivity index (χ0v) is 13.9. The lowest BCUT2D eigenvalue weighted by Gasteiger charge is -2.03. The molecule has 1 amide bonds. The Morgan fingerprint density at radius 2 is 1.19 bits per heavy atom. The molecule has 0 bridgehead atoms. The van der Waals surface area contributed by atoms with Crippen molar-refractivity contribution < 1.29 is 9.59 Å². The first-order valence-corrected chi connectivity index (χ1v) is 8.87. The number of unbranched alkanes of at least 4 members (excludes halogenated alkanes) is 12. The third-order valence-electron chi connectivity index (χ3n) is 3.82. The number of carbonyl (C=O) groups excluding carboxylic acids is 2. The third-order valence-corrected chi connectivity index (χ3v) is 3.82. The highest BCUT2D eigenvalue weighted by molar-refractivity contribution is 5.80. The summed E-state index contributed by atoms with van der Waals surface area (Å²) < 4.78 is 0. The Morgan fingerprint density at radius 3 is 1.62 bits per heavy atom. The normalized spacial score (nSPS) is 10.5. The van der Waals surface area contributed by atoms with Crippen molar-refractivity contribution in [2.75, 3.05) is 0 Å². The molecule has 1 N–H and O–H groups in total. The van der Waals surface area contributed by atoms with Gasteiger partial charge in [-0.3, -0.25) is 4.79 Å². The van der Waals surface area contributed by atoms with Crippen LogP contribution in [0.1, 0.15) is 96.8 Å². The highest BCUT2D eigenvalue weighted by atomic mass is 16.2. The first-order valence-electron chi connectivity index (χ1n) is 8.87. The summed E-state index contributed by atoms with van der Waals surface area (Å²) in [6.07, 6.45) is 18.1. The van der Waals surface area contributed by atoms with E-state index in [-0.39, 0.29) is 5.91 Å². The lowest BCUT2D eigenvalue weighted by molar-refractivity contribution is -0.121. The molecule has 3 heteroatoms. The van der Waals surface area contributed by atoms with Gasteiger partial charge in [-0.1, -0.05) is 84.0 Å². The molecule has 0 aromatic carbocycles. The Balaban J connectivity index is 3.05. The van der Waals surface area contributed by atoms with Crippen LogP contribution in [0, 0.1) is 6.54 Å². The number of amides is 1. The van der Waals surface area contributed by atoms with Crippen LogP contribution in [0.4, 0.5) is 0 Å². The Kier molecular flexibility index (Phi) is 16.5. The average Bonchev–Trinajstić information content (AvgIpc) is 2.49. The van der Waals surface area contributed by atoms with Crippen LogP contribution in [-0.2, 0) is 9.59 Å². The van der Waals surface area contributed by atoms with Crippen molar-refractivity contribution in [2.24, 2.45) is 0 Å². The highest BCUT2D eigenvalue weighted by Gasteiger charge is 1.99. The second-order valence-corrected chi connectivity index (χ2v) is 5.86. The minimum atomic E-state index is -0.0508. The molecular formula is C18H34NO2. The summed E-state index contributed by atoms with van der Waals surface area (Å²) in [5, 5.41) is 2.44. The van der Waals surface area contributed by atoms with E-state index in [9.17, 15) is 9.59 Å². The van der Waals surface area contributed by atoms with Gasteiger partial charge in [-0.2, -0.15) is 0 Å². The van der Waals surface area contributed by atoms with Crippen LogP contribution >= 0.6 is 0 Å². The molecule has 0 aliphatic carbocycles. The molecule has 1 radical (unpaired) electrons. The van der Waals surface area contributed by atoms with Crippen LogP contribution < -0.4 is 5.32 Å². The molecule has 0 aromatic rings. The van der Waals surface area contributed by atoms with Gasteiger partial charge in [0.1, 0.15) is 12.8 Å². The number of carbonyl (C=O) groups is 2. The monoisotopic (exact) mass is 296 g/mol. The van der Waals surface area contributed by atoms with Gasteiger partial charge in [0.25, 0.3) is 0 Å². The van der Waals surface area contributed by atoms with Crippen molar-refractivity contribution in [2.45, 2.75) is 96.8 Å². The van der Waals surface area contributed by atoms with E-state index in [0.29, 0.717) is 12.7 Å². The van der Waals surface area contributed by atoms with Crippen LogP contribution in [-0.4, -0.2) is 12.2 Å². The molecule has 0 saturated carbocycles. The van der Waals surface area contributed by atoms with E-state index in [1.165, 1.54) is 70.6 Å². The van der Waals surface area contributed by atoms with Gasteiger partial charge in [-0.25, -0.2) is 0 Å². The van der Waals surface area contributed by atoms with Crippen molar-refractivity contribution in [1.29, 1.82) is 0 Å². The summed E-state index contributed by atoms with van der Waals surface area (Å²) in [6, 6.07) is 0. The number of hydrogen-bond acceptors (Lipinski definition) is 2. The number of rotatable bonds is 16. The number of nitrogens with one attached hydrogen (secondary N) is 1. The summed E-state index contributed by atoms with van der Waals surface area (Å²) >= 11 is 0. The van der Waals surface area contributed by atoms with Crippen LogP contribution in [0.25, 0.3) is 0 Å². The summed E-state index contributed by atoms with van der Waals surface area (Å²) in [5.74, 6) is -0.0508. The minimum Gasteiger partial charge on any atom is -0.344 e. The van der Waals surface area contributed by atoms with Crippen LogP contribution in [0.3, 0.4) is 0 Å². The average molecular weight is 296 g/mol. The maximum atomic E-state index is 11.2. The fourth-order valence-electron chi connectivity index (χ4n) is 2.50. The summed E-state index contributed by atoms with van der Waals surface area (Å²) in [7, 11) is 0. The zero-order chi connectivity index (χ0) is 15.6. The van der Waals surface area contributed by atoms with Crippen molar-refractivity contribution >= 4 is 12.2 Å². The van der Waals surface area contributed by atoms with Crippen molar-refractivity contribution in [3.05, 3.63) is 6.54 Å². The van der Waals surface area contributed by atoms with Gasteiger partial charge in [-0.15, -0.1) is 0 Å². The standard InChI is InChI=1S/C18H34NO2/c1-2-3-4-5-6-7-8-9-10-11-12-13-14-15-18(21)19-16-17-20/h16-17H,2-15H2,1H3,(H,19,21). The van der Waals surface area contributed by atoms with Gasteiger partial charge in [0, 0.05) is 6.42 Å². The first-order chi connectivity index (χ1) is 10.3.